The summed E-state index contributed by atoms with van der Waals surface area (Å²) >= 11 is 0. The largest absolute Gasteiger partial charge is 0.480 e. The summed E-state index contributed by atoms with van der Waals surface area (Å²) in [5.41, 5.74) is 2.95. The zero-order valence-electron chi connectivity index (χ0n) is 19.6. The number of hydrogen-bond donors (Lipinski definition) is 4. The number of alkyl carbamates (subject to hydrolysis) is 1. The molecule has 0 saturated heterocycles. The van der Waals surface area contributed by atoms with Crippen molar-refractivity contribution in [3.05, 3.63) is 48.0 Å². The zero-order chi connectivity index (χ0) is 25.5. The normalized spacial score (nSPS) is 11.5. The lowest BCUT2D eigenvalue weighted by Gasteiger charge is -2.26. The van der Waals surface area contributed by atoms with E-state index in [1.807, 2.05) is 13.0 Å². The van der Waals surface area contributed by atoms with Crippen molar-refractivity contribution in [1.29, 1.82) is 0 Å². The Balaban J connectivity index is 2.76. The Morgan fingerprint density at radius 1 is 1.09 bits per heavy atom. The molecule has 4 amide bonds. The Morgan fingerprint density at radius 3 is 2.35 bits per heavy atom. The van der Waals surface area contributed by atoms with E-state index in [0.717, 1.165) is 30.6 Å². The highest BCUT2D eigenvalue weighted by Crippen LogP contribution is 2.05. The van der Waals surface area contributed by atoms with Crippen molar-refractivity contribution < 1.29 is 33.8 Å². The summed E-state index contributed by atoms with van der Waals surface area (Å²) in [5, 5.41) is 14.6. The summed E-state index contributed by atoms with van der Waals surface area (Å²) in [5.74, 6) is -4.05. The standard InChI is InChI=1S/C23H32N4O7/c1-4-5-13-24-18(28)11-12-19(29)27(14-20(30)31)26-22(32)21(16(2)3)25-23(33)34-15-17-9-7-6-8-10-17/h6-12,16,21H,4-5,13-15H2,1-3H3,(H,24,28)(H,25,33)(H,26,32)(H,30,31)/t21-/m0/s1. The lowest BCUT2D eigenvalue weighted by atomic mass is 10.0. The van der Waals surface area contributed by atoms with E-state index in [4.69, 9.17) is 9.84 Å². The van der Waals surface area contributed by atoms with Gasteiger partial charge in [0.05, 0.1) is 0 Å². The van der Waals surface area contributed by atoms with E-state index in [-0.39, 0.29) is 6.61 Å². The van der Waals surface area contributed by atoms with Crippen LogP contribution in [0, 0.1) is 5.92 Å². The highest BCUT2D eigenvalue weighted by atomic mass is 16.5. The lowest BCUT2D eigenvalue weighted by Crippen LogP contribution is -2.56. The molecule has 0 radical (unpaired) electrons. The summed E-state index contributed by atoms with van der Waals surface area (Å²) in [4.78, 5) is 60.2. The molecule has 0 spiro atoms. The number of aliphatic carboxylic acids is 1. The molecule has 186 valence electrons. The minimum Gasteiger partial charge on any atom is -0.480 e. The number of ether oxygens (including phenoxy) is 1. The molecule has 0 aromatic heterocycles. The number of carbonyl (C=O) groups excluding carboxylic acids is 4. The van der Waals surface area contributed by atoms with Gasteiger partial charge in [0, 0.05) is 18.7 Å². The minimum atomic E-state index is -1.38. The molecule has 1 aromatic rings. The number of amides is 4. The number of rotatable bonds is 12. The average molecular weight is 477 g/mol. The first kappa shape index (κ1) is 28.1. The highest BCUT2D eigenvalue weighted by Gasteiger charge is 2.28. The monoisotopic (exact) mass is 476 g/mol. The Hall–Kier alpha value is -3.89. The Kier molecular flexibility index (Phi) is 12.4. The summed E-state index contributed by atoms with van der Waals surface area (Å²) in [6, 6.07) is 7.82. The number of carboxylic acids is 1. The Labute approximate surface area is 198 Å². The number of hydrazine groups is 1. The zero-order valence-corrected chi connectivity index (χ0v) is 19.6. The third-order valence-corrected chi connectivity index (χ3v) is 4.45. The first-order valence-electron chi connectivity index (χ1n) is 10.9. The SMILES string of the molecule is CCCCNC(=O)C=CC(=O)N(CC(=O)O)NC(=O)[C@@H](NC(=O)OCc1ccccc1)C(C)C. The molecule has 0 fully saturated rings. The van der Waals surface area contributed by atoms with E-state index in [2.05, 4.69) is 16.1 Å². The molecule has 4 N–H and O–H groups in total. The second kappa shape index (κ2) is 15.0. The van der Waals surface area contributed by atoms with Crippen LogP contribution in [0.5, 0.6) is 0 Å². The molecule has 0 unspecified atom stereocenters. The maximum Gasteiger partial charge on any atom is 0.408 e. The number of carboxylic acid groups (broad SMARTS) is 1. The first-order chi connectivity index (χ1) is 16.1. The second-order valence-corrected chi connectivity index (χ2v) is 7.70. The molecule has 0 bridgehead atoms. The van der Waals surface area contributed by atoms with Gasteiger partial charge in [0.1, 0.15) is 19.2 Å². The van der Waals surface area contributed by atoms with Crippen molar-refractivity contribution in [2.45, 2.75) is 46.3 Å². The molecule has 1 atom stereocenters. The fourth-order valence-electron chi connectivity index (χ4n) is 2.62. The molecule has 11 heteroatoms. The predicted octanol–water partition coefficient (Wildman–Crippen LogP) is 1.35. The van der Waals surface area contributed by atoms with Gasteiger partial charge in [0.25, 0.3) is 11.8 Å². The number of carbonyl (C=O) groups is 5. The van der Waals surface area contributed by atoms with Crippen molar-refractivity contribution in [2.24, 2.45) is 5.92 Å². The smallest absolute Gasteiger partial charge is 0.408 e. The van der Waals surface area contributed by atoms with Crippen LogP contribution in [0.4, 0.5) is 4.79 Å². The van der Waals surface area contributed by atoms with Gasteiger partial charge >= 0.3 is 12.1 Å². The minimum absolute atomic E-state index is 0.00610. The van der Waals surface area contributed by atoms with Gasteiger partial charge in [-0.05, 0) is 17.9 Å². The van der Waals surface area contributed by atoms with E-state index in [1.54, 1.807) is 38.1 Å². The number of unbranched alkanes of at least 4 members (excludes halogenated alkanes) is 1. The number of hydrogen-bond acceptors (Lipinski definition) is 6. The summed E-state index contributed by atoms with van der Waals surface area (Å²) in [7, 11) is 0. The molecular weight excluding hydrogens is 444 g/mol. The van der Waals surface area contributed by atoms with E-state index in [1.165, 1.54) is 0 Å². The van der Waals surface area contributed by atoms with Crippen molar-refractivity contribution >= 4 is 29.8 Å². The fraction of sp³-hybridized carbons (Fsp3) is 0.435. The van der Waals surface area contributed by atoms with E-state index in [9.17, 15) is 24.0 Å². The van der Waals surface area contributed by atoms with Gasteiger partial charge in [-0.2, -0.15) is 0 Å². The molecular formula is C23H32N4O7. The Morgan fingerprint density at radius 2 is 1.76 bits per heavy atom. The van der Waals surface area contributed by atoms with Crippen LogP contribution in [-0.4, -0.2) is 59.0 Å². The fourth-order valence-corrected chi connectivity index (χ4v) is 2.62. The third-order valence-electron chi connectivity index (χ3n) is 4.45. The van der Waals surface area contributed by atoms with E-state index < -0.39 is 48.3 Å². The molecule has 0 saturated carbocycles. The quantitative estimate of drug-likeness (QED) is 0.202. The van der Waals surface area contributed by atoms with Crippen molar-refractivity contribution in [1.82, 2.24) is 21.1 Å². The maximum atomic E-state index is 12.7. The average Bonchev–Trinajstić information content (AvgIpc) is 2.79. The highest BCUT2D eigenvalue weighted by molar-refractivity contribution is 5.98. The molecule has 11 nitrogen and oxygen atoms in total. The molecule has 0 heterocycles. The topological polar surface area (TPSA) is 154 Å². The third kappa shape index (κ3) is 11.1. The number of nitrogens with zero attached hydrogens (tertiary/aromatic N) is 1. The van der Waals surface area contributed by atoms with Crippen LogP contribution in [-0.2, 0) is 30.5 Å². The molecule has 0 aliphatic carbocycles. The Bertz CT molecular complexity index is 871. The number of nitrogens with one attached hydrogen (secondary N) is 3. The molecule has 0 aliphatic rings. The van der Waals surface area contributed by atoms with E-state index >= 15 is 0 Å². The summed E-state index contributed by atoms with van der Waals surface area (Å²) < 4.78 is 5.12. The summed E-state index contributed by atoms with van der Waals surface area (Å²) in [6.07, 6.45) is 2.62. The van der Waals surface area contributed by atoms with Crippen LogP contribution in [0.25, 0.3) is 0 Å². The van der Waals surface area contributed by atoms with Crippen molar-refractivity contribution in [3.8, 4) is 0 Å². The van der Waals surface area contributed by atoms with E-state index in [0.29, 0.717) is 11.6 Å². The molecule has 34 heavy (non-hydrogen) atoms. The lowest BCUT2D eigenvalue weighted by molar-refractivity contribution is -0.148. The van der Waals surface area contributed by atoms with Crippen molar-refractivity contribution in [2.75, 3.05) is 13.1 Å². The molecule has 1 rings (SSSR count). The van der Waals surface area contributed by atoms with Gasteiger partial charge in [-0.3, -0.25) is 24.6 Å². The van der Waals surface area contributed by atoms with Gasteiger partial charge in [-0.25, -0.2) is 9.80 Å². The van der Waals surface area contributed by atoms with Crippen LogP contribution >= 0.6 is 0 Å². The van der Waals surface area contributed by atoms with Crippen LogP contribution in [0.3, 0.4) is 0 Å². The predicted molar refractivity (Wildman–Crippen MR) is 123 cm³/mol. The van der Waals surface area contributed by atoms with Gasteiger partial charge in [0.15, 0.2) is 0 Å². The first-order valence-corrected chi connectivity index (χ1v) is 10.9. The second-order valence-electron chi connectivity index (χ2n) is 7.70. The number of benzene rings is 1. The van der Waals surface area contributed by atoms with Gasteiger partial charge < -0.3 is 20.5 Å². The summed E-state index contributed by atoms with van der Waals surface area (Å²) in [6.45, 7) is 4.85. The maximum absolute atomic E-state index is 12.7. The van der Waals surface area contributed by atoms with Crippen LogP contribution < -0.4 is 16.1 Å². The van der Waals surface area contributed by atoms with Gasteiger partial charge in [-0.1, -0.05) is 57.5 Å². The molecule has 0 aliphatic heterocycles. The van der Waals surface area contributed by atoms with Gasteiger partial charge in [0.2, 0.25) is 5.91 Å². The van der Waals surface area contributed by atoms with Crippen LogP contribution in [0.1, 0.15) is 39.2 Å². The molecule has 1 aromatic carbocycles. The van der Waals surface area contributed by atoms with Gasteiger partial charge in [-0.15, -0.1) is 0 Å². The van der Waals surface area contributed by atoms with Crippen molar-refractivity contribution in [3.63, 3.8) is 0 Å². The van der Waals surface area contributed by atoms with Crippen LogP contribution in [0.15, 0.2) is 42.5 Å². The van der Waals surface area contributed by atoms with Crippen LogP contribution in [0.2, 0.25) is 0 Å².